The molecule has 1 aliphatic rings. The number of nitrogens with zero attached hydrogens (tertiary/aromatic N) is 6. The molecule has 9 nitrogen and oxygen atoms in total. The third kappa shape index (κ3) is 5.85. The van der Waals surface area contributed by atoms with E-state index in [4.69, 9.17) is 9.72 Å². The summed E-state index contributed by atoms with van der Waals surface area (Å²) in [5.74, 6) is 0.316. The van der Waals surface area contributed by atoms with Crippen molar-refractivity contribution in [2.45, 2.75) is 52.1 Å². The lowest BCUT2D eigenvalue weighted by molar-refractivity contribution is -0.155. The van der Waals surface area contributed by atoms with Crippen molar-refractivity contribution in [2.75, 3.05) is 33.7 Å². The molecule has 0 radical (unpaired) electrons. The minimum absolute atomic E-state index is 0.125. The Morgan fingerprint density at radius 3 is 2.51 bits per heavy atom. The van der Waals surface area contributed by atoms with Gasteiger partial charge in [0.15, 0.2) is 11.5 Å². The zero-order valence-corrected chi connectivity index (χ0v) is 21.4. The number of carbonyl (C=O) groups is 2. The highest BCUT2D eigenvalue weighted by Crippen LogP contribution is 2.41. The predicted molar refractivity (Wildman–Crippen MR) is 134 cm³/mol. The van der Waals surface area contributed by atoms with Crippen LogP contribution >= 0.6 is 0 Å². The normalized spacial score (nSPS) is 13.9. The summed E-state index contributed by atoms with van der Waals surface area (Å²) in [4.78, 5) is 39.6. The molecule has 4 rings (SSSR count). The second-order valence-corrected chi connectivity index (χ2v) is 10.4. The molecule has 1 saturated carbocycles. The first kappa shape index (κ1) is 24.8. The van der Waals surface area contributed by atoms with Crippen LogP contribution in [0.4, 0.5) is 0 Å². The lowest BCUT2D eigenvalue weighted by Gasteiger charge is -2.26. The van der Waals surface area contributed by atoms with Crippen LogP contribution in [0.2, 0.25) is 0 Å². The second kappa shape index (κ2) is 9.73. The quantitative estimate of drug-likeness (QED) is 0.458. The minimum atomic E-state index is -0.628. The molecule has 0 spiro atoms. The first-order valence-corrected chi connectivity index (χ1v) is 12.0. The number of hydrogen-bond acceptors (Lipinski definition) is 7. The van der Waals surface area contributed by atoms with Gasteiger partial charge in [-0.3, -0.25) is 9.59 Å². The molecule has 0 aromatic carbocycles. The van der Waals surface area contributed by atoms with Gasteiger partial charge in [-0.25, -0.2) is 9.97 Å². The molecule has 0 aliphatic heterocycles. The van der Waals surface area contributed by atoms with E-state index in [1.807, 2.05) is 71.0 Å². The minimum Gasteiger partial charge on any atom is -0.459 e. The number of hydrogen-bond donors (Lipinski definition) is 0. The van der Waals surface area contributed by atoms with Gasteiger partial charge < -0.3 is 14.5 Å². The summed E-state index contributed by atoms with van der Waals surface area (Å²) in [5, 5.41) is 5.37. The molecule has 0 N–H and O–H groups in total. The average molecular weight is 479 g/mol. The Morgan fingerprint density at radius 1 is 1.17 bits per heavy atom. The SMILES string of the molecule is Cc1nn(-c2ccccn2)c2nc(C3CC3)cc(C(=O)N(CCN(C)C)CC(=O)OC(C)(C)C)c12. The Kier molecular flexibility index (Phi) is 6.89. The van der Waals surface area contributed by atoms with Gasteiger partial charge in [0, 0.05) is 30.9 Å². The van der Waals surface area contributed by atoms with Gasteiger partial charge in [0.05, 0.1) is 16.6 Å². The molecule has 186 valence electrons. The van der Waals surface area contributed by atoms with Crippen LogP contribution in [0.1, 0.15) is 61.3 Å². The predicted octanol–water partition coefficient (Wildman–Crippen LogP) is 3.35. The van der Waals surface area contributed by atoms with Crippen LogP contribution < -0.4 is 0 Å². The maximum atomic E-state index is 14.0. The van der Waals surface area contributed by atoms with E-state index >= 15 is 0 Å². The van der Waals surface area contributed by atoms with Crippen LogP contribution in [0.15, 0.2) is 30.5 Å². The van der Waals surface area contributed by atoms with E-state index in [1.54, 1.807) is 15.8 Å². The maximum Gasteiger partial charge on any atom is 0.326 e. The standard InChI is InChI=1S/C26H34N6O3/c1-17-23-19(25(34)31(14-13-30(5)6)16-22(33)35-26(2,3)4)15-20(18-10-11-18)28-24(23)32(29-17)21-9-7-8-12-27-21/h7-9,12,15,18H,10-11,13-14,16H2,1-6H3. The molecular weight excluding hydrogens is 444 g/mol. The topological polar surface area (TPSA) is 93.5 Å². The first-order chi connectivity index (χ1) is 16.5. The molecule has 3 aromatic heterocycles. The molecule has 35 heavy (non-hydrogen) atoms. The van der Waals surface area contributed by atoms with Gasteiger partial charge in [-0.05, 0) is 72.8 Å². The molecule has 0 bridgehead atoms. The summed E-state index contributed by atoms with van der Waals surface area (Å²) in [6, 6.07) is 7.49. The van der Waals surface area contributed by atoms with Crippen LogP contribution in [-0.2, 0) is 9.53 Å². The van der Waals surface area contributed by atoms with Crippen LogP contribution in [0.25, 0.3) is 16.9 Å². The first-order valence-electron chi connectivity index (χ1n) is 12.0. The number of likely N-dealkylation sites (N-methyl/N-ethyl adjacent to an activating group) is 1. The fourth-order valence-electron chi connectivity index (χ4n) is 3.98. The second-order valence-electron chi connectivity index (χ2n) is 10.4. The number of amides is 1. The van der Waals surface area contributed by atoms with Crippen molar-refractivity contribution >= 4 is 22.9 Å². The number of esters is 1. The summed E-state index contributed by atoms with van der Waals surface area (Å²) >= 11 is 0. The number of ether oxygens (including phenoxy) is 1. The maximum absolute atomic E-state index is 14.0. The van der Waals surface area contributed by atoms with E-state index < -0.39 is 11.6 Å². The van der Waals surface area contributed by atoms with E-state index in [0.29, 0.717) is 47.1 Å². The van der Waals surface area contributed by atoms with Crippen molar-refractivity contribution < 1.29 is 14.3 Å². The molecule has 1 amide bonds. The van der Waals surface area contributed by atoms with Crippen molar-refractivity contribution in [3.63, 3.8) is 0 Å². The third-order valence-electron chi connectivity index (χ3n) is 5.77. The van der Waals surface area contributed by atoms with E-state index in [-0.39, 0.29) is 12.5 Å². The zero-order chi connectivity index (χ0) is 25.3. The molecule has 3 aromatic rings. The van der Waals surface area contributed by atoms with E-state index in [1.165, 1.54) is 0 Å². The summed E-state index contributed by atoms with van der Waals surface area (Å²) in [5.41, 5.74) is 2.06. The number of carbonyl (C=O) groups excluding carboxylic acids is 2. The number of pyridine rings is 2. The lowest BCUT2D eigenvalue weighted by Crippen LogP contribution is -2.42. The highest BCUT2D eigenvalue weighted by Gasteiger charge is 2.31. The monoisotopic (exact) mass is 478 g/mol. The highest BCUT2D eigenvalue weighted by atomic mass is 16.6. The molecule has 0 unspecified atom stereocenters. The van der Waals surface area contributed by atoms with Crippen molar-refractivity contribution in [3.05, 3.63) is 47.4 Å². The average Bonchev–Trinajstić information content (AvgIpc) is 3.58. The Bertz CT molecular complexity index is 1230. The summed E-state index contributed by atoms with van der Waals surface area (Å²) in [6.45, 7) is 8.21. The largest absolute Gasteiger partial charge is 0.459 e. The van der Waals surface area contributed by atoms with Crippen molar-refractivity contribution in [1.29, 1.82) is 0 Å². The van der Waals surface area contributed by atoms with Crippen LogP contribution in [0, 0.1) is 6.92 Å². The molecule has 1 fully saturated rings. The van der Waals surface area contributed by atoms with E-state index in [0.717, 1.165) is 18.5 Å². The number of rotatable bonds is 8. The fraction of sp³-hybridized carbons (Fsp3) is 0.500. The van der Waals surface area contributed by atoms with Gasteiger partial charge >= 0.3 is 5.97 Å². The highest BCUT2D eigenvalue weighted by molar-refractivity contribution is 6.07. The summed E-state index contributed by atoms with van der Waals surface area (Å²) in [6.07, 6.45) is 3.80. The molecule has 0 atom stereocenters. The lowest BCUT2D eigenvalue weighted by atomic mass is 10.1. The van der Waals surface area contributed by atoms with Crippen LogP contribution in [-0.4, -0.2) is 80.8 Å². The van der Waals surface area contributed by atoms with Crippen LogP contribution in [0.5, 0.6) is 0 Å². The van der Waals surface area contributed by atoms with Crippen LogP contribution in [0.3, 0.4) is 0 Å². The Labute approximate surface area is 206 Å². The van der Waals surface area contributed by atoms with Gasteiger partial charge in [0.25, 0.3) is 5.91 Å². The van der Waals surface area contributed by atoms with E-state index in [2.05, 4.69) is 10.1 Å². The Morgan fingerprint density at radius 2 is 1.91 bits per heavy atom. The van der Waals surface area contributed by atoms with Gasteiger partial charge in [-0.2, -0.15) is 9.78 Å². The number of aromatic nitrogens is 4. The number of aryl methyl sites for hydroxylation is 1. The summed E-state index contributed by atoms with van der Waals surface area (Å²) < 4.78 is 7.22. The number of fused-ring (bicyclic) bond motifs is 1. The molecule has 3 heterocycles. The Balaban J connectivity index is 1.78. The van der Waals surface area contributed by atoms with Gasteiger partial charge in [0.2, 0.25) is 0 Å². The van der Waals surface area contributed by atoms with Gasteiger partial charge in [0.1, 0.15) is 12.1 Å². The van der Waals surface area contributed by atoms with Crippen molar-refractivity contribution in [2.24, 2.45) is 0 Å². The third-order valence-corrected chi connectivity index (χ3v) is 5.77. The molecule has 1 aliphatic carbocycles. The summed E-state index contributed by atoms with van der Waals surface area (Å²) in [7, 11) is 3.88. The van der Waals surface area contributed by atoms with Gasteiger partial charge in [-0.15, -0.1) is 0 Å². The fourth-order valence-corrected chi connectivity index (χ4v) is 3.98. The zero-order valence-electron chi connectivity index (χ0n) is 21.4. The van der Waals surface area contributed by atoms with Gasteiger partial charge in [-0.1, -0.05) is 6.07 Å². The molecular formula is C26H34N6O3. The molecule has 0 saturated heterocycles. The Hall–Kier alpha value is -3.33. The molecule has 9 heteroatoms. The van der Waals surface area contributed by atoms with E-state index in [9.17, 15) is 9.59 Å². The van der Waals surface area contributed by atoms with Crippen molar-refractivity contribution in [3.8, 4) is 5.82 Å². The smallest absolute Gasteiger partial charge is 0.326 e. The van der Waals surface area contributed by atoms with Crippen molar-refractivity contribution in [1.82, 2.24) is 29.5 Å².